The largest absolute Gasteiger partial charge is 0.504 e. The first kappa shape index (κ1) is 12.2. The van der Waals surface area contributed by atoms with Crippen LogP contribution < -0.4 is 10.1 Å². The zero-order valence-electron chi connectivity index (χ0n) is 10.2. The normalized spacial score (nSPS) is 20.3. The average Bonchev–Trinajstić information content (AvgIpc) is 2.36. The summed E-state index contributed by atoms with van der Waals surface area (Å²) >= 11 is 0. The van der Waals surface area contributed by atoms with E-state index in [2.05, 4.69) is 5.32 Å². The second-order valence-corrected chi connectivity index (χ2v) is 4.52. The number of phenols is 1. The Balaban J connectivity index is 2.42. The third-order valence-electron chi connectivity index (χ3n) is 3.35. The standard InChI is InChI=1S/C13H18FNO2/c1-8-6-10(9-4-3-5-15-7-9)11(14)13(17-2)12(8)16/h6,9,15-16H,3-5,7H2,1-2H3. The number of halogens is 1. The van der Waals surface area contributed by atoms with Crippen LogP contribution in [-0.4, -0.2) is 25.3 Å². The number of benzene rings is 1. The van der Waals surface area contributed by atoms with E-state index in [9.17, 15) is 9.50 Å². The second-order valence-electron chi connectivity index (χ2n) is 4.52. The number of ether oxygens (including phenoxy) is 1. The Labute approximate surface area is 101 Å². The summed E-state index contributed by atoms with van der Waals surface area (Å²) in [7, 11) is 1.38. The van der Waals surface area contributed by atoms with E-state index in [1.54, 1.807) is 13.0 Å². The molecule has 1 unspecified atom stereocenters. The average molecular weight is 239 g/mol. The van der Waals surface area contributed by atoms with Crippen LogP contribution in [0.1, 0.15) is 29.9 Å². The number of hydrogen-bond donors (Lipinski definition) is 2. The molecule has 0 aliphatic carbocycles. The van der Waals surface area contributed by atoms with E-state index in [0.29, 0.717) is 11.1 Å². The van der Waals surface area contributed by atoms with Gasteiger partial charge in [-0.25, -0.2) is 4.39 Å². The van der Waals surface area contributed by atoms with Gasteiger partial charge in [-0.2, -0.15) is 0 Å². The van der Waals surface area contributed by atoms with Crippen LogP contribution in [-0.2, 0) is 0 Å². The van der Waals surface area contributed by atoms with Crippen molar-refractivity contribution in [2.24, 2.45) is 0 Å². The first-order valence-electron chi connectivity index (χ1n) is 5.91. The zero-order chi connectivity index (χ0) is 12.4. The molecule has 1 aromatic carbocycles. The van der Waals surface area contributed by atoms with Crippen LogP contribution in [0.25, 0.3) is 0 Å². The van der Waals surface area contributed by atoms with Gasteiger partial charge >= 0.3 is 0 Å². The minimum atomic E-state index is -0.427. The molecule has 0 bridgehead atoms. The van der Waals surface area contributed by atoms with E-state index in [1.165, 1.54) is 7.11 Å². The Hall–Kier alpha value is -1.29. The molecule has 1 aromatic rings. The third-order valence-corrected chi connectivity index (χ3v) is 3.35. The number of aryl methyl sites for hydroxylation is 1. The van der Waals surface area contributed by atoms with Gasteiger partial charge in [0, 0.05) is 6.54 Å². The van der Waals surface area contributed by atoms with Gasteiger partial charge in [0.1, 0.15) is 0 Å². The lowest BCUT2D eigenvalue weighted by molar-refractivity contribution is 0.343. The van der Waals surface area contributed by atoms with Crippen molar-refractivity contribution in [3.63, 3.8) is 0 Å². The Kier molecular flexibility index (Phi) is 3.52. The van der Waals surface area contributed by atoms with E-state index in [-0.39, 0.29) is 17.4 Å². The van der Waals surface area contributed by atoms with E-state index in [4.69, 9.17) is 4.74 Å². The lowest BCUT2D eigenvalue weighted by Gasteiger charge is -2.24. The van der Waals surface area contributed by atoms with E-state index < -0.39 is 5.82 Å². The Bertz CT molecular complexity index is 414. The molecule has 2 rings (SSSR count). The maximum Gasteiger partial charge on any atom is 0.197 e. The van der Waals surface area contributed by atoms with Crippen molar-refractivity contribution in [1.82, 2.24) is 5.32 Å². The van der Waals surface area contributed by atoms with Gasteiger partial charge < -0.3 is 15.2 Å². The number of aromatic hydroxyl groups is 1. The number of piperidine rings is 1. The van der Waals surface area contributed by atoms with Gasteiger partial charge in [-0.05, 0) is 49.4 Å². The fourth-order valence-electron chi connectivity index (χ4n) is 2.38. The quantitative estimate of drug-likeness (QED) is 0.832. The summed E-state index contributed by atoms with van der Waals surface area (Å²) in [5, 5.41) is 13.0. The molecule has 4 heteroatoms. The van der Waals surface area contributed by atoms with E-state index >= 15 is 0 Å². The molecule has 2 N–H and O–H groups in total. The second kappa shape index (κ2) is 4.92. The van der Waals surface area contributed by atoms with Crippen molar-refractivity contribution in [2.45, 2.75) is 25.7 Å². The molecule has 1 heterocycles. The highest BCUT2D eigenvalue weighted by Crippen LogP contribution is 2.38. The molecule has 0 radical (unpaired) electrons. The van der Waals surface area contributed by atoms with Gasteiger partial charge in [-0.1, -0.05) is 0 Å². The molecule has 0 saturated carbocycles. The van der Waals surface area contributed by atoms with Gasteiger partial charge in [0.05, 0.1) is 7.11 Å². The molecule has 1 saturated heterocycles. The highest BCUT2D eigenvalue weighted by molar-refractivity contribution is 5.50. The molecule has 1 atom stereocenters. The van der Waals surface area contributed by atoms with Crippen LogP contribution in [0.3, 0.4) is 0 Å². The lowest BCUT2D eigenvalue weighted by Crippen LogP contribution is -2.29. The number of methoxy groups -OCH3 is 1. The minimum absolute atomic E-state index is 0.0365. The van der Waals surface area contributed by atoms with Crippen molar-refractivity contribution >= 4 is 0 Å². The first-order valence-corrected chi connectivity index (χ1v) is 5.91. The fraction of sp³-hybridized carbons (Fsp3) is 0.538. The van der Waals surface area contributed by atoms with Crippen LogP contribution in [0.4, 0.5) is 4.39 Å². The van der Waals surface area contributed by atoms with Crippen LogP contribution in [0, 0.1) is 12.7 Å². The van der Waals surface area contributed by atoms with Crippen molar-refractivity contribution < 1.29 is 14.2 Å². The zero-order valence-corrected chi connectivity index (χ0v) is 10.2. The molecule has 17 heavy (non-hydrogen) atoms. The van der Waals surface area contributed by atoms with Crippen LogP contribution >= 0.6 is 0 Å². The number of hydrogen-bond acceptors (Lipinski definition) is 3. The number of nitrogens with one attached hydrogen (secondary N) is 1. The minimum Gasteiger partial charge on any atom is -0.504 e. The summed E-state index contributed by atoms with van der Waals surface area (Å²) in [6.07, 6.45) is 2.02. The van der Waals surface area contributed by atoms with Crippen molar-refractivity contribution in [3.8, 4) is 11.5 Å². The fourth-order valence-corrected chi connectivity index (χ4v) is 2.38. The maximum absolute atomic E-state index is 14.2. The van der Waals surface area contributed by atoms with Gasteiger partial charge in [0.2, 0.25) is 0 Å². The third kappa shape index (κ3) is 2.22. The summed E-state index contributed by atoms with van der Waals surface area (Å²) < 4.78 is 19.1. The van der Waals surface area contributed by atoms with Crippen molar-refractivity contribution in [3.05, 3.63) is 23.0 Å². The van der Waals surface area contributed by atoms with Gasteiger partial charge in [0.25, 0.3) is 0 Å². The summed E-state index contributed by atoms with van der Waals surface area (Å²) in [4.78, 5) is 0. The molecule has 1 aliphatic heterocycles. The van der Waals surface area contributed by atoms with Crippen molar-refractivity contribution in [2.75, 3.05) is 20.2 Å². The highest BCUT2D eigenvalue weighted by atomic mass is 19.1. The molecule has 94 valence electrons. The summed E-state index contributed by atoms with van der Waals surface area (Å²) in [5.41, 5.74) is 1.30. The highest BCUT2D eigenvalue weighted by Gasteiger charge is 2.24. The Morgan fingerprint density at radius 1 is 1.53 bits per heavy atom. The van der Waals surface area contributed by atoms with E-state index in [1.807, 2.05) is 0 Å². The Morgan fingerprint density at radius 2 is 2.29 bits per heavy atom. The van der Waals surface area contributed by atoms with Crippen LogP contribution in [0.15, 0.2) is 6.07 Å². The first-order chi connectivity index (χ1) is 8.15. The molecule has 1 aliphatic rings. The molecular weight excluding hydrogens is 221 g/mol. The molecule has 3 nitrogen and oxygen atoms in total. The van der Waals surface area contributed by atoms with E-state index in [0.717, 1.165) is 25.9 Å². The predicted molar refractivity (Wildman–Crippen MR) is 64.2 cm³/mol. The molecule has 0 amide bonds. The van der Waals surface area contributed by atoms with Crippen LogP contribution in [0.5, 0.6) is 11.5 Å². The number of rotatable bonds is 2. The summed E-state index contributed by atoms with van der Waals surface area (Å²) in [6, 6.07) is 1.73. The topological polar surface area (TPSA) is 41.5 Å². The Morgan fingerprint density at radius 3 is 2.88 bits per heavy atom. The van der Waals surface area contributed by atoms with Gasteiger partial charge in [-0.15, -0.1) is 0 Å². The predicted octanol–water partition coefficient (Wildman–Crippen LogP) is 2.32. The summed E-state index contributed by atoms with van der Waals surface area (Å²) in [5.74, 6) is -0.399. The molecule has 0 aromatic heterocycles. The maximum atomic E-state index is 14.2. The van der Waals surface area contributed by atoms with Crippen LogP contribution in [0.2, 0.25) is 0 Å². The molecular formula is C13H18FNO2. The summed E-state index contributed by atoms with van der Waals surface area (Å²) in [6.45, 7) is 3.54. The smallest absolute Gasteiger partial charge is 0.197 e. The monoisotopic (exact) mass is 239 g/mol. The molecule has 1 fully saturated rings. The SMILES string of the molecule is COc1c(O)c(C)cc(C2CCCNC2)c1F. The van der Waals surface area contributed by atoms with Crippen molar-refractivity contribution in [1.29, 1.82) is 0 Å². The lowest BCUT2D eigenvalue weighted by atomic mass is 9.90. The van der Waals surface area contributed by atoms with Gasteiger partial charge in [0.15, 0.2) is 17.3 Å². The number of phenolic OH excluding ortho intramolecular Hbond substituents is 1. The van der Waals surface area contributed by atoms with Gasteiger partial charge in [-0.3, -0.25) is 0 Å². The molecule has 0 spiro atoms.